The average Bonchev–Trinajstić information content (AvgIpc) is 2.41. The number of nitrogens with two attached hydrogens (primary N) is 1. The van der Waals surface area contributed by atoms with E-state index in [1.807, 2.05) is 0 Å². The summed E-state index contributed by atoms with van der Waals surface area (Å²) in [5.74, 6) is -1.13. The van der Waals surface area contributed by atoms with Crippen LogP contribution in [0.1, 0.15) is 10.4 Å². The Bertz CT molecular complexity index is 671. The third-order valence-electron chi connectivity index (χ3n) is 2.56. The van der Waals surface area contributed by atoms with Crippen molar-refractivity contribution in [3.8, 4) is 0 Å². The van der Waals surface area contributed by atoms with E-state index in [0.29, 0.717) is 5.69 Å². The molecule has 0 saturated carbocycles. The van der Waals surface area contributed by atoms with E-state index in [9.17, 15) is 19.3 Å². The number of nitro groups is 1. The predicted molar refractivity (Wildman–Crippen MR) is 71.9 cm³/mol. The van der Waals surface area contributed by atoms with Crippen LogP contribution in [0.25, 0.3) is 0 Å². The average molecular weight is 275 g/mol. The van der Waals surface area contributed by atoms with Gasteiger partial charge in [-0.25, -0.2) is 4.39 Å². The lowest BCUT2D eigenvalue weighted by Gasteiger charge is -2.06. The van der Waals surface area contributed by atoms with Gasteiger partial charge in [0.05, 0.1) is 4.92 Å². The van der Waals surface area contributed by atoms with Crippen molar-refractivity contribution >= 4 is 23.0 Å². The Morgan fingerprint density at radius 3 is 2.45 bits per heavy atom. The lowest BCUT2D eigenvalue weighted by Crippen LogP contribution is -2.14. The van der Waals surface area contributed by atoms with Gasteiger partial charge in [0.25, 0.3) is 11.6 Å². The molecule has 0 heterocycles. The highest BCUT2D eigenvalue weighted by atomic mass is 19.1. The standard InChI is InChI=1S/C13H10FN3O3/c14-8-1-4-10(5-2-8)16-13(18)11-7-9(15)3-6-12(11)17(19)20/h1-7H,15H2,(H,16,18). The molecular formula is C13H10FN3O3. The molecule has 0 unspecified atom stereocenters. The van der Waals surface area contributed by atoms with Gasteiger partial charge in [0.15, 0.2) is 0 Å². The molecule has 0 aliphatic rings. The summed E-state index contributed by atoms with van der Waals surface area (Å²) in [6.07, 6.45) is 0. The normalized spacial score (nSPS) is 10.1. The molecule has 2 aromatic carbocycles. The number of halogens is 1. The number of benzene rings is 2. The second kappa shape index (κ2) is 5.35. The number of carbonyl (C=O) groups excluding carboxylic acids is 1. The molecule has 0 saturated heterocycles. The van der Waals surface area contributed by atoms with E-state index in [1.165, 1.54) is 36.4 Å². The van der Waals surface area contributed by atoms with Crippen molar-refractivity contribution in [3.63, 3.8) is 0 Å². The van der Waals surface area contributed by atoms with Crippen LogP contribution >= 0.6 is 0 Å². The molecule has 1 amide bonds. The monoisotopic (exact) mass is 275 g/mol. The molecular weight excluding hydrogens is 265 g/mol. The van der Waals surface area contributed by atoms with E-state index in [4.69, 9.17) is 5.73 Å². The summed E-state index contributed by atoms with van der Waals surface area (Å²) < 4.78 is 12.8. The van der Waals surface area contributed by atoms with Gasteiger partial charge >= 0.3 is 0 Å². The zero-order valence-electron chi connectivity index (χ0n) is 10.2. The van der Waals surface area contributed by atoms with Crippen LogP contribution in [-0.4, -0.2) is 10.8 Å². The summed E-state index contributed by atoms with van der Waals surface area (Å²) in [7, 11) is 0. The van der Waals surface area contributed by atoms with Gasteiger partial charge in [-0.3, -0.25) is 14.9 Å². The Balaban J connectivity index is 2.31. The molecule has 102 valence electrons. The van der Waals surface area contributed by atoms with Gasteiger partial charge in [-0.2, -0.15) is 0 Å². The summed E-state index contributed by atoms with van der Waals surface area (Å²) in [5, 5.41) is 13.3. The second-order valence-corrected chi connectivity index (χ2v) is 3.99. The number of nitrogens with one attached hydrogen (secondary N) is 1. The Hall–Kier alpha value is -2.96. The van der Waals surface area contributed by atoms with Crippen LogP contribution < -0.4 is 11.1 Å². The molecule has 0 spiro atoms. The van der Waals surface area contributed by atoms with Crippen molar-refractivity contribution in [1.29, 1.82) is 0 Å². The molecule has 3 N–H and O–H groups in total. The fourth-order valence-corrected chi connectivity index (χ4v) is 1.63. The van der Waals surface area contributed by atoms with Crippen LogP contribution in [0.4, 0.5) is 21.5 Å². The summed E-state index contributed by atoms with van der Waals surface area (Å²) in [4.78, 5) is 22.2. The molecule has 0 atom stereocenters. The zero-order chi connectivity index (χ0) is 14.7. The minimum atomic E-state index is -0.685. The number of anilines is 2. The van der Waals surface area contributed by atoms with E-state index in [1.54, 1.807) is 0 Å². The highest BCUT2D eigenvalue weighted by molar-refractivity contribution is 6.07. The number of nitrogens with zero attached hydrogens (tertiary/aromatic N) is 1. The molecule has 0 aliphatic heterocycles. The number of hydrogen-bond donors (Lipinski definition) is 2. The van der Waals surface area contributed by atoms with Crippen LogP contribution in [0.5, 0.6) is 0 Å². The van der Waals surface area contributed by atoms with Gasteiger partial charge in [0.1, 0.15) is 11.4 Å². The van der Waals surface area contributed by atoms with Gasteiger partial charge in [0, 0.05) is 17.4 Å². The molecule has 2 aromatic rings. The van der Waals surface area contributed by atoms with Crippen molar-refractivity contribution in [2.24, 2.45) is 0 Å². The van der Waals surface area contributed by atoms with Crippen molar-refractivity contribution in [3.05, 3.63) is 64.0 Å². The maximum absolute atomic E-state index is 12.8. The van der Waals surface area contributed by atoms with Crippen LogP contribution in [0.15, 0.2) is 42.5 Å². The molecule has 0 bridgehead atoms. The SMILES string of the molecule is Nc1ccc([N+](=O)[O-])c(C(=O)Nc2ccc(F)cc2)c1. The van der Waals surface area contributed by atoms with Crippen molar-refractivity contribution in [2.75, 3.05) is 11.1 Å². The molecule has 7 heteroatoms. The highest BCUT2D eigenvalue weighted by Gasteiger charge is 2.20. The third-order valence-corrected chi connectivity index (χ3v) is 2.56. The maximum atomic E-state index is 12.8. The van der Waals surface area contributed by atoms with Gasteiger partial charge < -0.3 is 11.1 Å². The predicted octanol–water partition coefficient (Wildman–Crippen LogP) is 2.57. The molecule has 0 aromatic heterocycles. The molecule has 0 radical (unpaired) electrons. The number of rotatable bonds is 3. The summed E-state index contributed by atoms with van der Waals surface area (Å²) in [6.45, 7) is 0. The van der Waals surface area contributed by atoms with Crippen LogP contribution in [-0.2, 0) is 0 Å². The van der Waals surface area contributed by atoms with Crippen molar-refractivity contribution in [2.45, 2.75) is 0 Å². The van der Waals surface area contributed by atoms with Crippen LogP contribution in [0.3, 0.4) is 0 Å². The van der Waals surface area contributed by atoms with E-state index in [0.717, 1.165) is 6.07 Å². The van der Waals surface area contributed by atoms with E-state index in [2.05, 4.69) is 5.32 Å². The summed E-state index contributed by atoms with van der Waals surface area (Å²) in [6, 6.07) is 8.77. The maximum Gasteiger partial charge on any atom is 0.282 e. The van der Waals surface area contributed by atoms with Crippen molar-refractivity contribution in [1.82, 2.24) is 0 Å². The summed E-state index contributed by atoms with van der Waals surface area (Å²) in [5.41, 5.74) is 5.59. The molecule has 6 nitrogen and oxygen atoms in total. The first-order valence-corrected chi connectivity index (χ1v) is 5.58. The minimum absolute atomic E-state index is 0.153. The minimum Gasteiger partial charge on any atom is -0.399 e. The molecule has 0 aliphatic carbocycles. The number of hydrogen-bond acceptors (Lipinski definition) is 4. The smallest absolute Gasteiger partial charge is 0.282 e. The van der Waals surface area contributed by atoms with Gasteiger partial charge in [-0.1, -0.05) is 0 Å². The van der Waals surface area contributed by atoms with E-state index >= 15 is 0 Å². The third kappa shape index (κ3) is 2.89. The zero-order valence-corrected chi connectivity index (χ0v) is 10.2. The first-order chi connectivity index (χ1) is 9.47. The molecule has 2 rings (SSSR count). The highest BCUT2D eigenvalue weighted by Crippen LogP contribution is 2.22. The Morgan fingerprint density at radius 1 is 1.20 bits per heavy atom. The number of nitro benzene ring substituents is 1. The van der Waals surface area contributed by atoms with Crippen LogP contribution in [0.2, 0.25) is 0 Å². The summed E-state index contributed by atoms with van der Waals surface area (Å²) >= 11 is 0. The fourth-order valence-electron chi connectivity index (χ4n) is 1.63. The Morgan fingerprint density at radius 2 is 1.85 bits per heavy atom. The quantitative estimate of drug-likeness (QED) is 0.511. The lowest BCUT2D eigenvalue weighted by molar-refractivity contribution is -0.385. The topological polar surface area (TPSA) is 98.3 Å². The number of nitrogen functional groups attached to an aromatic ring is 1. The fraction of sp³-hybridized carbons (Fsp3) is 0. The largest absolute Gasteiger partial charge is 0.399 e. The molecule has 20 heavy (non-hydrogen) atoms. The Kier molecular flexibility index (Phi) is 3.60. The molecule has 0 fully saturated rings. The first kappa shape index (κ1) is 13.5. The van der Waals surface area contributed by atoms with Gasteiger partial charge in [-0.05, 0) is 36.4 Å². The van der Waals surface area contributed by atoms with Gasteiger partial charge in [0.2, 0.25) is 0 Å². The number of carbonyl (C=O) groups is 1. The van der Waals surface area contributed by atoms with Crippen LogP contribution in [0, 0.1) is 15.9 Å². The lowest BCUT2D eigenvalue weighted by atomic mass is 10.1. The van der Waals surface area contributed by atoms with Gasteiger partial charge in [-0.15, -0.1) is 0 Å². The van der Waals surface area contributed by atoms with Crippen molar-refractivity contribution < 1.29 is 14.1 Å². The Labute approximate surface area is 113 Å². The second-order valence-electron chi connectivity index (χ2n) is 3.99. The van der Waals surface area contributed by atoms with E-state index < -0.39 is 16.6 Å². The first-order valence-electron chi connectivity index (χ1n) is 5.58. The van der Waals surface area contributed by atoms with E-state index in [-0.39, 0.29) is 16.9 Å². The number of amides is 1.